The molecule has 0 spiro atoms. The molecular weight excluding hydrogens is 398 g/mol. The molecule has 0 aromatic heterocycles. The van der Waals surface area contributed by atoms with Crippen molar-refractivity contribution in [3.8, 4) is 0 Å². The first-order valence-corrected chi connectivity index (χ1v) is 9.49. The standard InChI is InChI=1S/C19H23N3O8/c1-18(2)27-12-13(28-18)15-17(30-19(3,4)29-15)26-14(12)16(23)21-20-9-10-5-7-11(8-6-10)22(24)25/h5-9,12-15,17H,1-4H3,(H,21,23)/b20-9-/t12-,13-,14+,15+,17+/m1/s1. The molecule has 1 aromatic carbocycles. The van der Waals surface area contributed by atoms with Crippen molar-refractivity contribution in [2.75, 3.05) is 0 Å². The fourth-order valence-corrected chi connectivity index (χ4v) is 3.74. The predicted octanol–water partition coefficient (Wildman–Crippen LogP) is 1.44. The third-order valence-corrected chi connectivity index (χ3v) is 4.91. The van der Waals surface area contributed by atoms with Crippen LogP contribution in [0.3, 0.4) is 0 Å². The Morgan fingerprint density at radius 1 is 1.03 bits per heavy atom. The monoisotopic (exact) mass is 421 g/mol. The maximum Gasteiger partial charge on any atom is 0.272 e. The number of benzene rings is 1. The second kappa shape index (κ2) is 7.36. The number of rotatable bonds is 4. The molecule has 3 aliphatic heterocycles. The van der Waals surface area contributed by atoms with Crippen molar-refractivity contribution in [3.05, 3.63) is 39.9 Å². The van der Waals surface area contributed by atoms with Crippen LogP contribution in [0.4, 0.5) is 5.69 Å². The molecule has 1 aromatic rings. The van der Waals surface area contributed by atoms with E-state index < -0.39 is 53.1 Å². The van der Waals surface area contributed by atoms with Crippen LogP contribution in [0.25, 0.3) is 0 Å². The van der Waals surface area contributed by atoms with E-state index in [1.807, 2.05) is 0 Å². The molecule has 4 rings (SSSR count). The first-order valence-electron chi connectivity index (χ1n) is 9.49. The normalized spacial score (nSPS) is 33.8. The Hall–Kier alpha value is -2.44. The SMILES string of the molecule is CC1(C)O[C@@H]2O[C@H](C(=O)N/N=C\c3ccc([N+](=O)[O-])cc3)[C@@H]3OC(C)(C)O[C@H]3[C@@H]2O1. The van der Waals surface area contributed by atoms with Gasteiger partial charge in [-0.3, -0.25) is 14.9 Å². The maximum absolute atomic E-state index is 12.8. The number of amides is 1. The first kappa shape index (κ1) is 20.8. The molecular formula is C19H23N3O8. The van der Waals surface area contributed by atoms with Crippen molar-refractivity contribution in [3.63, 3.8) is 0 Å². The second-order valence-corrected chi connectivity index (χ2v) is 8.17. The van der Waals surface area contributed by atoms with Gasteiger partial charge in [-0.15, -0.1) is 0 Å². The van der Waals surface area contributed by atoms with E-state index >= 15 is 0 Å². The van der Waals surface area contributed by atoms with Gasteiger partial charge in [0.15, 0.2) is 24.0 Å². The molecule has 30 heavy (non-hydrogen) atoms. The van der Waals surface area contributed by atoms with Gasteiger partial charge in [0.2, 0.25) is 0 Å². The average molecular weight is 421 g/mol. The highest BCUT2D eigenvalue weighted by Gasteiger charge is 2.62. The quantitative estimate of drug-likeness (QED) is 0.439. The number of carbonyl (C=O) groups excluding carboxylic acids is 1. The maximum atomic E-state index is 12.8. The molecule has 0 bridgehead atoms. The zero-order chi connectivity index (χ0) is 21.7. The summed E-state index contributed by atoms with van der Waals surface area (Å²) in [6, 6.07) is 5.74. The molecule has 3 fully saturated rings. The predicted molar refractivity (Wildman–Crippen MR) is 101 cm³/mol. The minimum absolute atomic E-state index is 0.0323. The number of fused-ring (bicyclic) bond motifs is 3. The van der Waals surface area contributed by atoms with E-state index in [0.717, 1.165) is 0 Å². The van der Waals surface area contributed by atoms with E-state index in [2.05, 4.69) is 10.5 Å². The molecule has 11 nitrogen and oxygen atoms in total. The van der Waals surface area contributed by atoms with Gasteiger partial charge in [-0.05, 0) is 45.4 Å². The van der Waals surface area contributed by atoms with E-state index in [0.29, 0.717) is 5.56 Å². The number of nitrogens with zero attached hydrogens (tertiary/aromatic N) is 2. The molecule has 11 heteroatoms. The summed E-state index contributed by atoms with van der Waals surface area (Å²) >= 11 is 0. The van der Waals surface area contributed by atoms with Gasteiger partial charge in [0.05, 0.1) is 11.1 Å². The number of carbonyl (C=O) groups is 1. The lowest BCUT2D eigenvalue weighted by Crippen LogP contribution is -2.59. The largest absolute Gasteiger partial charge is 0.342 e. The van der Waals surface area contributed by atoms with Crippen LogP contribution in [-0.2, 0) is 28.5 Å². The molecule has 0 aliphatic carbocycles. The molecule has 162 valence electrons. The summed E-state index contributed by atoms with van der Waals surface area (Å²) in [6.45, 7) is 7.02. The number of hydrogen-bond donors (Lipinski definition) is 1. The van der Waals surface area contributed by atoms with Crippen LogP contribution in [0.2, 0.25) is 0 Å². The van der Waals surface area contributed by atoms with E-state index in [1.54, 1.807) is 27.7 Å². The van der Waals surface area contributed by atoms with Gasteiger partial charge in [-0.1, -0.05) is 0 Å². The Kier molecular flexibility index (Phi) is 5.11. The minimum atomic E-state index is -1.02. The van der Waals surface area contributed by atoms with E-state index in [-0.39, 0.29) is 5.69 Å². The second-order valence-electron chi connectivity index (χ2n) is 8.17. The van der Waals surface area contributed by atoms with Gasteiger partial charge < -0.3 is 23.7 Å². The zero-order valence-corrected chi connectivity index (χ0v) is 16.9. The molecule has 3 saturated heterocycles. The van der Waals surface area contributed by atoms with Gasteiger partial charge in [-0.25, -0.2) is 5.43 Å². The molecule has 3 heterocycles. The molecule has 0 unspecified atom stereocenters. The average Bonchev–Trinajstić information content (AvgIpc) is 3.15. The van der Waals surface area contributed by atoms with Crippen LogP contribution >= 0.6 is 0 Å². The van der Waals surface area contributed by atoms with Gasteiger partial charge in [0.25, 0.3) is 11.6 Å². The highest BCUT2D eigenvalue weighted by Crippen LogP contribution is 2.44. The summed E-state index contributed by atoms with van der Waals surface area (Å²) in [5, 5.41) is 14.6. The third kappa shape index (κ3) is 4.07. The third-order valence-electron chi connectivity index (χ3n) is 4.91. The lowest BCUT2D eigenvalue weighted by atomic mass is 9.98. The number of hydrazone groups is 1. The van der Waals surface area contributed by atoms with E-state index in [4.69, 9.17) is 23.7 Å². The molecule has 0 saturated carbocycles. The summed E-state index contributed by atoms with van der Waals surface area (Å²) in [5.41, 5.74) is 2.97. The minimum Gasteiger partial charge on any atom is -0.342 e. The molecule has 1 amide bonds. The number of hydrogen-bond acceptors (Lipinski definition) is 9. The van der Waals surface area contributed by atoms with Crippen LogP contribution in [0.5, 0.6) is 0 Å². The van der Waals surface area contributed by atoms with Crippen LogP contribution in [-0.4, -0.2) is 59.3 Å². The lowest BCUT2D eigenvalue weighted by Gasteiger charge is -2.36. The Morgan fingerprint density at radius 3 is 2.30 bits per heavy atom. The number of nitro benzene ring substituents is 1. The van der Waals surface area contributed by atoms with Crippen molar-refractivity contribution in [1.82, 2.24) is 5.43 Å². The Balaban J connectivity index is 1.45. The molecule has 5 atom stereocenters. The van der Waals surface area contributed by atoms with E-state index in [1.165, 1.54) is 30.5 Å². The van der Waals surface area contributed by atoms with Gasteiger partial charge in [-0.2, -0.15) is 5.10 Å². The highest BCUT2D eigenvalue weighted by atomic mass is 16.9. The van der Waals surface area contributed by atoms with Gasteiger partial charge in [0.1, 0.15) is 18.3 Å². The topological polar surface area (TPSA) is 131 Å². The van der Waals surface area contributed by atoms with Crippen LogP contribution in [0, 0.1) is 10.1 Å². The van der Waals surface area contributed by atoms with Crippen molar-refractivity contribution >= 4 is 17.8 Å². The first-order chi connectivity index (χ1) is 14.0. The number of nitro groups is 1. The summed E-state index contributed by atoms with van der Waals surface area (Å²) in [6.07, 6.45) is -2.21. The molecule has 3 aliphatic rings. The van der Waals surface area contributed by atoms with Crippen molar-refractivity contribution in [2.45, 2.75) is 70.0 Å². The lowest BCUT2D eigenvalue weighted by molar-refractivity contribution is -0.384. The number of non-ortho nitro benzene ring substituents is 1. The van der Waals surface area contributed by atoms with Crippen LogP contribution in [0.15, 0.2) is 29.4 Å². The Bertz CT molecular complexity index is 869. The Morgan fingerprint density at radius 2 is 1.63 bits per heavy atom. The zero-order valence-electron chi connectivity index (χ0n) is 16.9. The van der Waals surface area contributed by atoms with Gasteiger partial charge in [0, 0.05) is 12.1 Å². The van der Waals surface area contributed by atoms with E-state index in [9.17, 15) is 14.9 Å². The fraction of sp³-hybridized carbons (Fsp3) is 0.579. The number of ether oxygens (including phenoxy) is 5. The molecule has 1 N–H and O–H groups in total. The number of nitrogens with one attached hydrogen (secondary N) is 1. The summed E-state index contributed by atoms with van der Waals surface area (Å²) in [5.74, 6) is -2.32. The van der Waals surface area contributed by atoms with Gasteiger partial charge >= 0.3 is 0 Å². The van der Waals surface area contributed by atoms with Crippen LogP contribution in [0.1, 0.15) is 33.3 Å². The summed E-state index contributed by atoms with van der Waals surface area (Å²) in [7, 11) is 0. The van der Waals surface area contributed by atoms with Crippen molar-refractivity contribution in [1.29, 1.82) is 0 Å². The Labute approximate surface area is 172 Å². The summed E-state index contributed by atoms with van der Waals surface area (Å²) in [4.78, 5) is 23.0. The summed E-state index contributed by atoms with van der Waals surface area (Å²) < 4.78 is 29.4. The smallest absolute Gasteiger partial charge is 0.272 e. The van der Waals surface area contributed by atoms with Crippen molar-refractivity contribution in [2.24, 2.45) is 5.10 Å². The van der Waals surface area contributed by atoms with Crippen molar-refractivity contribution < 1.29 is 33.4 Å². The fourth-order valence-electron chi connectivity index (χ4n) is 3.74. The molecule has 0 radical (unpaired) electrons. The van der Waals surface area contributed by atoms with Crippen LogP contribution < -0.4 is 5.43 Å². The highest BCUT2D eigenvalue weighted by molar-refractivity contribution is 5.85.